The summed E-state index contributed by atoms with van der Waals surface area (Å²) in [6.07, 6.45) is 3.86. The molecule has 6 nitrogen and oxygen atoms in total. The number of nitrogens with one attached hydrogen (secondary N) is 2. The Kier molecular flexibility index (Phi) is 6.12. The monoisotopic (exact) mass is 481 g/mol. The lowest BCUT2D eigenvalue weighted by atomic mass is 9.83. The van der Waals surface area contributed by atoms with Crippen LogP contribution in [0, 0.1) is 0 Å². The van der Waals surface area contributed by atoms with Crippen LogP contribution in [0.1, 0.15) is 67.1 Å². The third kappa shape index (κ3) is 4.51. The number of fused-ring (bicyclic) bond motifs is 3. The van der Waals surface area contributed by atoms with Crippen LogP contribution in [-0.2, 0) is 27.8 Å². The first-order chi connectivity index (χ1) is 17.2. The van der Waals surface area contributed by atoms with Crippen molar-refractivity contribution in [3.8, 4) is 0 Å². The molecule has 0 saturated heterocycles. The summed E-state index contributed by atoms with van der Waals surface area (Å²) in [6, 6.07) is 18.8. The summed E-state index contributed by atoms with van der Waals surface area (Å²) in [5.74, 6) is -0.743. The first kappa shape index (κ1) is 23.8. The maximum atomic E-state index is 13.1. The molecule has 36 heavy (non-hydrogen) atoms. The van der Waals surface area contributed by atoms with Crippen LogP contribution in [0.4, 0.5) is 22.7 Å². The van der Waals surface area contributed by atoms with Gasteiger partial charge in [-0.25, -0.2) is 0 Å². The van der Waals surface area contributed by atoms with Gasteiger partial charge in [0.2, 0.25) is 11.8 Å². The molecule has 0 atom stereocenters. The second-order valence-electron chi connectivity index (χ2n) is 10.6. The zero-order valence-corrected chi connectivity index (χ0v) is 21.0. The van der Waals surface area contributed by atoms with Gasteiger partial charge in [0.25, 0.3) is 5.91 Å². The Bertz CT molecular complexity index is 1350. The summed E-state index contributed by atoms with van der Waals surface area (Å²) in [6.45, 7) is 6.25. The van der Waals surface area contributed by atoms with E-state index in [0.29, 0.717) is 22.6 Å². The minimum absolute atomic E-state index is 0.164. The number of anilines is 4. The summed E-state index contributed by atoms with van der Waals surface area (Å²) in [7, 11) is 0. The van der Waals surface area contributed by atoms with Crippen molar-refractivity contribution in [1.29, 1.82) is 0 Å². The molecule has 2 aliphatic rings. The second kappa shape index (κ2) is 9.26. The maximum absolute atomic E-state index is 13.1. The molecular weight excluding hydrogens is 450 g/mol. The van der Waals surface area contributed by atoms with E-state index in [4.69, 9.17) is 0 Å². The van der Waals surface area contributed by atoms with E-state index in [1.54, 1.807) is 17.0 Å². The smallest absolute Gasteiger partial charge is 0.255 e. The highest BCUT2D eigenvalue weighted by Crippen LogP contribution is 2.41. The average Bonchev–Trinajstić information content (AvgIpc) is 2.98. The zero-order chi connectivity index (χ0) is 25.4. The highest BCUT2D eigenvalue weighted by atomic mass is 16.2. The van der Waals surface area contributed by atoms with Crippen molar-refractivity contribution in [1.82, 2.24) is 0 Å². The molecule has 184 valence electrons. The lowest BCUT2D eigenvalue weighted by Crippen LogP contribution is -2.26. The quantitative estimate of drug-likeness (QED) is 0.442. The van der Waals surface area contributed by atoms with Gasteiger partial charge in [0.15, 0.2) is 0 Å². The average molecular weight is 482 g/mol. The Morgan fingerprint density at radius 3 is 2.39 bits per heavy atom. The van der Waals surface area contributed by atoms with Crippen molar-refractivity contribution in [3.63, 3.8) is 0 Å². The summed E-state index contributed by atoms with van der Waals surface area (Å²) in [5, 5.41) is 5.98. The van der Waals surface area contributed by atoms with Crippen molar-refractivity contribution in [3.05, 3.63) is 82.9 Å². The van der Waals surface area contributed by atoms with Gasteiger partial charge in [-0.05, 0) is 84.2 Å². The number of carbonyl (C=O) groups is 3. The number of hydrogen-bond donors (Lipinski definition) is 2. The van der Waals surface area contributed by atoms with Crippen LogP contribution in [-0.4, -0.2) is 17.7 Å². The Balaban J connectivity index is 1.45. The summed E-state index contributed by atoms with van der Waals surface area (Å²) < 4.78 is 0. The summed E-state index contributed by atoms with van der Waals surface area (Å²) >= 11 is 0. The minimum Gasteiger partial charge on any atom is -0.324 e. The van der Waals surface area contributed by atoms with E-state index in [-0.39, 0.29) is 29.6 Å². The predicted octanol–water partition coefficient (Wildman–Crippen LogP) is 6.12. The molecule has 0 radical (unpaired) electrons. The molecule has 0 bridgehead atoms. The molecule has 0 saturated carbocycles. The standard InChI is InChI=1S/C30H31N3O3/c1-30(2,3)24-11-7-6-10-23(24)29(36)31-20-13-15-21(16-14-20)33-25-17-12-19-8-4-5-9-22(19)28(25)32-26(34)18-27(33)35/h6-7,10-17H,4-5,8-9,18H2,1-3H3,(H,31,36)(H,32,34). The third-order valence-electron chi connectivity index (χ3n) is 6.94. The number of carbonyl (C=O) groups excluding carboxylic acids is 3. The van der Waals surface area contributed by atoms with Gasteiger partial charge in [-0.2, -0.15) is 0 Å². The van der Waals surface area contributed by atoms with E-state index < -0.39 is 0 Å². The summed E-state index contributed by atoms with van der Waals surface area (Å²) in [4.78, 5) is 40.3. The molecule has 0 fully saturated rings. The molecule has 1 heterocycles. The van der Waals surface area contributed by atoms with Gasteiger partial charge in [0.1, 0.15) is 6.42 Å². The Hall–Kier alpha value is -3.93. The molecule has 6 heteroatoms. The SMILES string of the molecule is CC(C)(C)c1ccccc1C(=O)Nc1ccc(N2C(=O)CC(=O)Nc3c2ccc2c3CCCC2)cc1. The predicted molar refractivity (Wildman–Crippen MR) is 143 cm³/mol. The van der Waals surface area contributed by atoms with Gasteiger partial charge in [-0.15, -0.1) is 0 Å². The van der Waals surface area contributed by atoms with Gasteiger partial charge >= 0.3 is 0 Å². The molecule has 1 aliphatic heterocycles. The molecule has 0 unspecified atom stereocenters. The fourth-order valence-electron chi connectivity index (χ4n) is 5.19. The lowest BCUT2D eigenvalue weighted by Gasteiger charge is -2.27. The molecule has 3 aromatic rings. The van der Waals surface area contributed by atoms with Crippen molar-refractivity contribution >= 4 is 40.5 Å². The van der Waals surface area contributed by atoms with Gasteiger partial charge in [-0.1, -0.05) is 45.0 Å². The van der Waals surface area contributed by atoms with E-state index in [2.05, 4.69) is 37.5 Å². The van der Waals surface area contributed by atoms with E-state index in [1.165, 1.54) is 5.56 Å². The topological polar surface area (TPSA) is 78.5 Å². The third-order valence-corrected chi connectivity index (χ3v) is 6.94. The molecule has 3 aromatic carbocycles. The largest absolute Gasteiger partial charge is 0.324 e. The number of aryl methyl sites for hydroxylation is 1. The Labute approximate surface area is 211 Å². The molecule has 5 rings (SSSR count). The fraction of sp³-hybridized carbons (Fsp3) is 0.300. The number of rotatable bonds is 3. The Morgan fingerprint density at radius 1 is 0.917 bits per heavy atom. The maximum Gasteiger partial charge on any atom is 0.255 e. The van der Waals surface area contributed by atoms with Crippen LogP contribution in [0.5, 0.6) is 0 Å². The fourth-order valence-corrected chi connectivity index (χ4v) is 5.19. The van der Waals surface area contributed by atoms with Crippen LogP contribution in [0.2, 0.25) is 0 Å². The number of nitrogens with zero attached hydrogens (tertiary/aromatic N) is 1. The van der Waals surface area contributed by atoms with Gasteiger partial charge in [-0.3, -0.25) is 19.3 Å². The molecule has 0 spiro atoms. The molecule has 1 aliphatic carbocycles. The minimum atomic E-state index is -0.288. The van der Waals surface area contributed by atoms with E-state index in [9.17, 15) is 14.4 Å². The van der Waals surface area contributed by atoms with Crippen LogP contribution in [0.3, 0.4) is 0 Å². The molecule has 3 amide bonds. The van der Waals surface area contributed by atoms with Gasteiger partial charge < -0.3 is 10.6 Å². The first-order valence-electron chi connectivity index (χ1n) is 12.5. The number of benzene rings is 3. The first-order valence-corrected chi connectivity index (χ1v) is 12.5. The zero-order valence-electron chi connectivity index (χ0n) is 21.0. The second-order valence-corrected chi connectivity index (χ2v) is 10.6. The lowest BCUT2D eigenvalue weighted by molar-refractivity contribution is -0.124. The molecular formula is C30H31N3O3. The van der Waals surface area contributed by atoms with Gasteiger partial charge in [0, 0.05) is 16.9 Å². The number of amides is 3. The van der Waals surface area contributed by atoms with Crippen molar-refractivity contribution < 1.29 is 14.4 Å². The van der Waals surface area contributed by atoms with Crippen LogP contribution < -0.4 is 15.5 Å². The van der Waals surface area contributed by atoms with Crippen molar-refractivity contribution in [2.24, 2.45) is 0 Å². The van der Waals surface area contributed by atoms with Crippen molar-refractivity contribution in [2.45, 2.75) is 58.3 Å². The van der Waals surface area contributed by atoms with Crippen molar-refractivity contribution in [2.75, 3.05) is 15.5 Å². The van der Waals surface area contributed by atoms with Crippen LogP contribution in [0.25, 0.3) is 0 Å². The van der Waals surface area contributed by atoms with E-state index in [0.717, 1.165) is 42.5 Å². The number of hydrogen-bond acceptors (Lipinski definition) is 3. The molecule has 0 aromatic heterocycles. The van der Waals surface area contributed by atoms with Crippen LogP contribution >= 0.6 is 0 Å². The highest BCUT2D eigenvalue weighted by Gasteiger charge is 2.30. The normalized spacial score (nSPS) is 15.5. The van der Waals surface area contributed by atoms with Gasteiger partial charge in [0.05, 0.1) is 11.4 Å². The Morgan fingerprint density at radius 2 is 1.64 bits per heavy atom. The van der Waals surface area contributed by atoms with E-state index >= 15 is 0 Å². The highest BCUT2D eigenvalue weighted by molar-refractivity contribution is 6.18. The molecule has 2 N–H and O–H groups in total. The summed E-state index contributed by atoms with van der Waals surface area (Å²) in [5.41, 5.74) is 6.56. The van der Waals surface area contributed by atoms with E-state index in [1.807, 2.05) is 42.5 Å². The van der Waals surface area contributed by atoms with Crippen LogP contribution in [0.15, 0.2) is 60.7 Å².